The van der Waals surface area contributed by atoms with Crippen LogP contribution >= 0.6 is 0 Å². The summed E-state index contributed by atoms with van der Waals surface area (Å²) >= 11 is 0. The SMILES string of the molecule is CC(C)(C)c1cc(NC(=O)Nc2ccc(F)c(F)c2F)no1. The van der Waals surface area contributed by atoms with E-state index in [4.69, 9.17) is 4.52 Å². The van der Waals surface area contributed by atoms with Crippen LogP contribution in [0.15, 0.2) is 22.7 Å². The van der Waals surface area contributed by atoms with Crippen LogP contribution in [0, 0.1) is 17.5 Å². The smallest absolute Gasteiger partial charge is 0.325 e. The fourth-order valence-corrected chi connectivity index (χ4v) is 1.58. The van der Waals surface area contributed by atoms with Crippen molar-refractivity contribution < 1.29 is 22.5 Å². The number of hydrogen-bond acceptors (Lipinski definition) is 3. The minimum atomic E-state index is -1.66. The monoisotopic (exact) mass is 313 g/mol. The molecule has 22 heavy (non-hydrogen) atoms. The largest absolute Gasteiger partial charge is 0.359 e. The molecule has 2 amide bonds. The Bertz CT molecular complexity index is 708. The highest BCUT2D eigenvalue weighted by atomic mass is 19.2. The van der Waals surface area contributed by atoms with Gasteiger partial charge in [0.05, 0.1) is 5.69 Å². The van der Waals surface area contributed by atoms with Crippen molar-refractivity contribution in [2.45, 2.75) is 26.2 Å². The molecule has 0 fully saturated rings. The number of anilines is 2. The molecule has 1 heterocycles. The number of carbonyl (C=O) groups excluding carboxylic acids is 1. The first-order valence-corrected chi connectivity index (χ1v) is 6.37. The lowest BCUT2D eigenvalue weighted by atomic mass is 9.93. The molecule has 1 aromatic carbocycles. The zero-order valence-electron chi connectivity index (χ0n) is 12.1. The Morgan fingerprint density at radius 3 is 2.41 bits per heavy atom. The molecule has 0 saturated carbocycles. The van der Waals surface area contributed by atoms with Crippen LogP contribution in [0.3, 0.4) is 0 Å². The van der Waals surface area contributed by atoms with E-state index >= 15 is 0 Å². The van der Waals surface area contributed by atoms with Gasteiger partial charge in [-0.05, 0) is 12.1 Å². The molecule has 1 aromatic heterocycles. The van der Waals surface area contributed by atoms with Crippen LogP contribution in [0.2, 0.25) is 0 Å². The van der Waals surface area contributed by atoms with Crippen LogP contribution < -0.4 is 10.6 Å². The standard InChI is InChI=1S/C14H14F3N3O2/c1-14(2,3)9-6-10(20-22-9)19-13(21)18-8-5-4-7(15)11(16)12(8)17/h4-6H,1-3H3,(H2,18,19,20,21). The van der Waals surface area contributed by atoms with Crippen molar-refractivity contribution in [2.24, 2.45) is 0 Å². The number of carbonyl (C=O) groups is 1. The second kappa shape index (κ2) is 5.70. The van der Waals surface area contributed by atoms with Crippen molar-refractivity contribution in [2.75, 3.05) is 10.6 Å². The minimum Gasteiger partial charge on any atom is -0.359 e. The maximum atomic E-state index is 13.4. The summed E-state index contributed by atoms with van der Waals surface area (Å²) in [6, 6.07) is 2.28. The Morgan fingerprint density at radius 1 is 1.14 bits per heavy atom. The van der Waals surface area contributed by atoms with E-state index in [1.807, 2.05) is 20.8 Å². The Labute approximate surface area is 124 Å². The highest BCUT2D eigenvalue weighted by molar-refractivity contribution is 5.99. The first-order chi connectivity index (χ1) is 10.2. The summed E-state index contributed by atoms with van der Waals surface area (Å²) in [6.45, 7) is 5.69. The topological polar surface area (TPSA) is 67.2 Å². The van der Waals surface area contributed by atoms with Gasteiger partial charge in [0.1, 0.15) is 5.76 Å². The number of amides is 2. The van der Waals surface area contributed by atoms with Crippen molar-refractivity contribution in [3.8, 4) is 0 Å². The zero-order valence-corrected chi connectivity index (χ0v) is 12.1. The maximum absolute atomic E-state index is 13.4. The third-order valence-electron chi connectivity index (χ3n) is 2.77. The molecular formula is C14H14F3N3O2. The number of nitrogens with zero attached hydrogens (tertiary/aromatic N) is 1. The van der Waals surface area contributed by atoms with Gasteiger partial charge >= 0.3 is 6.03 Å². The van der Waals surface area contributed by atoms with Crippen LogP contribution in [-0.2, 0) is 5.41 Å². The van der Waals surface area contributed by atoms with E-state index in [0.717, 1.165) is 6.07 Å². The number of urea groups is 1. The third kappa shape index (κ3) is 3.38. The van der Waals surface area contributed by atoms with Gasteiger partial charge in [0, 0.05) is 11.5 Å². The molecule has 2 aromatic rings. The van der Waals surface area contributed by atoms with Gasteiger partial charge in [0.2, 0.25) is 0 Å². The molecule has 2 rings (SSSR count). The molecule has 0 aliphatic rings. The number of halogens is 3. The summed E-state index contributed by atoms with van der Waals surface area (Å²) in [6.07, 6.45) is 0. The molecule has 0 atom stereocenters. The molecule has 0 bridgehead atoms. The molecule has 0 aliphatic heterocycles. The lowest BCUT2D eigenvalue weighted by molar-refractivity contribution is 0.261. The van der Waals surface area contributed by atoms with Crippen molar-refractivity contribution in [1.82, 2.24) is 5.16 Å². The van der Waals surface area contributed by atoms with E-state index in [0.29, 0.717) is 11.8 Å². The van der Waals surface area contributed by atoms with E-state index in [2.05, 4.69) is 15.8 Å². The van der Waals surface area contributed by atoms with Crippen molar-refractivity contribution in [3.05, 3.63) is 41.4 Å². The Balaban J connectivity index is 2.08. The molecule has 5 nitrogen and oxygen atoms in total. The van der Waals surface area contributed by atoms with Crippen molar-refractivity contribution in [3.63, 3.8) is 0 Å². The van der Waals surface area contributed by atoms with Crippen molar-refractivity contribution >= 4 is 17.5 Å². The number of hydrogen-bond donors (Lipinski definition) is 2. The van der Waals surface area contributed by atoms with E-state index in [1.165, 1.54) is 6.07 Å². The van der Waals surface area contributed by atoms with Crippen LogP contribution in [0.5, 0.6) is 0 Å². The predicted molar refractivity (Wildman–Crippen MR) is 74.2 cm³/mol. The van der Waals surface area contributed by atoms with Gasteiger partial charge in [-0.3, -0.25) is 5.32 Å². The van der Waals surface area contributed by atoms with Gasteiger partial charge in [0.25, 0.3) is 0 Å². The Hall–Kier alpha value is -2.51. The van der Waals surface area contributed by atoms with Gasteiger partial charge in [-0.15, -0.1) is 0 Å². The molecule has 2 N–H and O–H groups in total. The maximum Gasteiger partial charge on any atom is 0.325 e. The molecule has 118 valence electrons. The fraction of sp³-hybridized carbons (Fsp3) is 0.286. The second-order valence-electron chi connectivity index (χ2n) is 5.63. The molecular weight excluding hydrogens is 299 g/mol. The van der Waals surface area contributed by atoms with Crippen LogP contribution in [-0.4, -0.2) is 11.2 Å². The Morgan fingerprint density at radius 2 is 1.82 bits per heavy atom. The average Bonchev–Trinajstić information content (AvgIpc) is 2.88. The third-order valence-corrected chi connectivity index (χ3v) is 2.77. The lowest BCUT2D eigenvalue weighted by Crippen LogP contribution is -2.20. The molecule has 0 saturated heterocycles. The van der Waals surface area contributed by atoms with Gasteiger partial charge < -0.3 is 9.84 Å². The summed E-state index contributed by atoms with van der Waals surface area (Å²) in [5.74, 6) is -3.82. The highest BCUT2D eigenvalue weighted by Crippen LogP contribution is 2.24. The number of rotatable bonds is 2. The number of nitrogens with one attached hydrogen (secondary N) is 2. The molecule has 0 radical (unpaired) electrons. The van der Waals surface area contributed by atoms with E-state index in [-0.39, 0.29) is 11.2 Å². The quantitative estimate of drug-likeness (QED) is 0.822. The van der Waals surface area contributed by atoms with E-state index < -0.39 is 29.2 Å². The van der Waals surface area contributed by atoms with Gasteiger partial charge in [0.15, 0.2) is 23.3 Å². The predicted octanol–water partition coefficient (Wildman–Crippen LogP) is 4.03. The minimum absolute atomic E-state index is 0.116. The lowest BCUT2D eigenvalue weighted by Gasteiger charge is -2.12. The fourth-order valence-electron chi connectivity index (χ4n) is 1.58. The summed E-state index contributed by atoms with van der Waals surface area (Å²) in [5, 5.41) is 8.01. The number of aromatic nitrogens is 1. The molecule has 8 heteroatoms. The highest BCUT2D eigenvalue weighted by Gasteiger charge is 2.21. The number of benzene rings is 1. The van der Waals surface area contributed by atoms with Gasteiger partial charge in [-0.1, -0.05) is 25.9 Å². The van der Waals surface area contributed by atoms with E-state index in [1.54, 1.807) is 0 Å². The van der Waals surface area contributed by atoms with E-state index in [9.17, 15) is 18.0 Å². The molecule has 0 unspecified atom stereocenters. The molecule has 0 aliphatic carbocycles. The van der Waals surface area contributed by atoms with Crippen LogP contribution in [0.1, 0.15) is 26.5 Å². The zero-order chi connectivity index (χ0) is 16.5. The van der Waals surface area contributed by atoms with Gasteiger partial charge in [-0.25, -0.2) is 18.0 Å². The normalized spacial score (nSPS) is 11.4. The summed E-state index contributed by atoms with van der Waals surface area (Å²) < 4.78 is 44.3. The Kier molecular flexibility index (Phi) is 4.11. The van der Waals surface area contributed by atoms with Crippen LogP contribution in [0.4, 0.5) is 29.5 Å². The first kappa shape index (κ1) is 15.9. The summed E-state index contributed by atoms with van der Waals surface area (Å²) in [7, 11) is 0. The average molecular weight is 313 g/mol. The first-order valence-electron chi connectivity index (χ1n) is 6.37. The van der Waals surface area contributed by atoms with Gasteiger partial charge in [-0.2, -0.15) is 0 Å². The second-order valence-corrected chi connectivity index (χ2v) is 5.63. The van der Waals surface area contributed by atoms with Crippen molar-refractivity contribution in [1.29, 1.82) is 0 Å². The summed E-state index contributed by atoms with van der Waals surface area (Å²) in [5.41, 5.74) is -0.786. The van der Waals surface area contributed by atoms with Crippen LogP contribution in [0.25, 0.3) is 0 Å². The molecule has 0 spiro atoms. The summed E-state index contributed by atoms with van der Waals surface area (Å²) in [4.78, 5) is 11.7.